The van der Waals surface area contributed by atoms with E-state index in [4.69, 9.17) is 0 Å². The SMILES string of the molecule is CNC(=O)c1ccc(N[C@H](C)[C@@H](O)c2ccc(F)cc2)c([N+](=O)[O-])c1. The van der Waals surface area contributed by atoms with Crippen molar-refractivity contribution < 1.29 is 19.2 Å². The fourth-order valence-corrected chi connectivity index (χ4v) is 2.36. The van der Waals surface area contributed by atoms with E-state index in [0.29, 0.717) is 5.56 Å². The van der Waals surface area contributed by atoms with Crippen molar-refractivity contribution in [2.24, 2.45) is 0 Å². The second-order valence-corrected chi connectivity index (χ2v) is 5.50. The molecule has 1 amide bonds. The van der Waals surface area contributed by atoms with Crippen molar-refractivity contribution in [1.29, 1.82) is 0 Å². The number of nitrogens with zero attached hydrogens (tertiary/aromatic N) is 1. The number of anilines is 1. The van der Waals surface area contributed by atoms with Crippen LogP contribution in [0.3, 0.4) is 0 Å². The predicted octanol–water partition coefficient (Wildman–Crippen LogP) is 2.63. The monoisotopic (exact) mass is 347 g/mol. The van der Waals surface area contributed by atoms with E-state index >= 15 is 0 Å². The molecule has 2 atom stereocenters. The van der Waals surface area contributed by atoms with Gasteiger partial charge >= 0.3 is 0 Å². The second-order valence-electron chi connectivity index (χ2n) is 5.50. The number of amides is 1. The van der Waals surface area contributed by atoms with Crippen LogP contribution in [0.4, 0.5) is 15.8 Å². The average Bonchev–Trinajstić information content (AvgIpc) is 2.61. The first-order valence-corrected chi connectivity index (χ1v) is 7.54. The molecule has 0 aromatic heterocycles. The molecule has 8 heteroatoms. The zero-order valence-corrected chi connectivity index (χ0v) is 13.7. The first-order chi connectivity index (χ1) is 11.8. The summed E-state index contributed by atoms with van der Waals surface area (Å²) in [6.07, 6.45) is -1.00. The predicted molar refractivity (Wildman–Crippen MR) is 90.9 cm³/mol. The van der Waals surface area contributed by atoms with Crippen LogP contribution in [0.15, 0.2) is 42.5 Å². The Morgan fingerprint density at radius 2 is 1.88 bits per heavy atom. The standard InChI is InChI=1S/C17H18FN3O4/c1-10(16(22)11-3-6-13(18)7-4-11)20-14-8-5-12(17(23)19-2)9-15(14)21(24)25/h3-10,16,20,22H,1-2H3,(H,19,23)/t10-,16-/m1/s1. The number of nitro groups is 1. The van der Waals surface area contributed by atoms with Gasteiger partial charge in [-0.05, 0) is 36.8 Å². The van der Waals surface area contributed by atoms with Gasteiger partial charge in [0.1, 0.15) is 11.5 Å². The molecule has 7 nitrogen and oxygen atoms in total. The van der Waals surface area contributed by atoms with Gasteiger partial charge in [-0.25, -0.2) is 4.39 Å². The molecule has 2 aromatic carbocycles. The Kier molecular flexibility index (Phi) is 5.66. The fraction of sp³-hybridized carbons (Fsp3) is 0.235. The molecule has 0 saturated heterocycles. The van der Waals surface area contributed by atoms with Crippen LogP contribution in [-0.2, 0) is 0 Å². The van der Waals surface area contributed by atoms with Crippen LogP contribution in [0, 0.1) is 15.9 Å². The average molecular weight is 347 g/mol. The fourth-order valence-electron chi connectivity index (χ4n) is 2.36. The van der Waals surface area contributed by atoms with Gasteiger partial charge in [0.15, 0.2) is 0 Å². The van der Waals surface area contributed by atoms with Crippen molar-refractivity contribution in [3.63, 3.8) is 0 Å². The number of hydrogen-bond donors (Lipinski definition) is 3. The molecule has 0 bridgehead atoms. The van der Waals surface area contributed by atoms with Gasteiger partial charge in [-0.15, -0.1) is 0 Å². The molecule has 0 aliphatic carbocycles. The Bertz CT molecular complexity index is 780. The van der Waals surface area contributed by atoms with Gasteiger partial charge in [-0.1, -0.05) is 12.1 Å². The van der Waals surface area contributed by atoms with Gasteiger partial charge in [-0.3, -0.25) is 14.9 Å². The summed E-state index contributed by atoms with van der Waals surface area (Å²) in [5.74, 6) is -0.856. The Labute approximate surface area is 143 Å². The lowest BCUT2D eigenvalue weighted by Crippen LogP contribution is -2.25. The minimum atomic E-state index is -1.00. The number of aliphatic hydroxyl groups is 1. The Morgan fingerprint density at radius 3 is 2.44 bits per heavy atom. The van der Waals surface area contributed by atoms with Gasteiger partial charge < -0.3 is 15.7 Å². The maximum Gasteiger partial charge on any atom is 0.293 e. The van der Waals surface area contributed by atoms with Gasteiger partial charge in [0.2, 0.25) is 0 Å². The molecule has 132 valence electrons. The molecule has 0 fully saturated rings. The van der Waals surface area contributed by atoms with E-state index < -0.39 is 28.8 Å². The van der Waals surface area contributed by atoms with Crippen molar-refractivity contribution in [3.05, 3.63) is 69.5 Å². The number of nitro benzene ring substituents is 1. The van der Waals surface area contributed by atoms with E-state index in [1.807, 2.05) is 0 Å². The minimum absolute atomic E-state index is 0.159. The summed E-state index contributed by atoms with van der Waals surface area (Å²) >= 11 is 0. The van der Waals surface area contributed by atoms with Crippen LogP contribution in [-0.4, -0.2) is 29.0 Å². The highest BCUT2D eigenvalue weighted by Crippen LogP contribution is 2.28. The van der Waals surface area contributed by atoms with E-state index in [1.54, 1.807) is 6.92 Å². The molecular formula is C17H18FN3O4. The largest absolute Gasteiger partial charge is 0.386 e. The Balaban J connectivity index is 2.24. The van der Waals surface area contributed by atoms with Crippen LogP contribution < -0.4 is 10.6 Å². The minimum Gasteiger partial charge on any atom is -0.386 e. The lowest BCUT2D eigenvalue weighted by molar-refractivity contribution is -0.384. The quantitative estimate of drug-likeness (QED) is 0.550. The summed E-state index contributed by atoms with van der Waals surface area (Å²) in [4.78, 5) is 22.3. The molecule has 0 radical (unpaired) electrons. The highest BCUT2D eigenvalue weighted by Gasteiger charge is 2.22. The van der Waals surface area contributed by atoms with Crippen LogP contribution in [0.2, 0.25) is 0 Å². The Morgan fingerprint density at radius 1 is 1.24 bits per heavy atom. The maximum atomic E-state index is 13.0. The summed E-state index contributed by atoms with van der Waals surface area (Å²) in [6.45, 7) is 1.64. The van der Waals surface area contributed by atoms with Crippen LogP contribution in [0.25, 0.3) is 0 Å². The molecule has 0 spiro atoms. The zero-order chi connectivity index (χ0) is 18.6. The second kappa shape index (κ2) is 7.71. The van der Waals surface area contributed by atoms with Gasteiger partial charge in [0, 0.05) is 18.7 Å². The number of rotatable bonds is 6. The lowest BCUT2D eigenvalue weighted by Gasteiger charge is -2.21. The van der Waals surface area contributed by atoms with E-state index in [0.717, 1.165) is 6.07 Å². The number of nitrogens with one attached hydrogen (secondary N) is 2. The number of benzene rings is 2. The van der Waals surface area contributed by atoms with Crippen molar-refractivity contribution in [2.45, 2.75) is 19.1 Å². The summed E-state index contributed by atoms with van der Waals surface area (Å²) < 4.78 is 13.0. The van der Waals surface area contributed by atoms with Crippen molar-refractivity contribution in [1.82, 2.24) is 5.32 Å². The first-order valence-electron chi connectivity index (χ1n) is 7.54. The van der Waals surface area contributed by atoms with Crippen molar-refractivity contribution in [2.75, 3.05) is 12.4 Å². The van der Waals surface area contributed by atoms with Crippen LogP contribution >= 0.6 is 0 Å². The van der Waals surface area contributed by atoms with Crippen molar-refractivity contribution in [3.8, 4) is 0 Å². The maximum absolute atomic E-state index is 13.0. The number of halogens is 1. The number of carbonyl (C=O) groups is 1. The summed E-state index contributed by atoms with van der Waals surface area (Å²) in [7, 11) is 1.43. The molecular weight excluding hydrogens is 329 g/mol. The Hall–Kier alpha value is -3.00. The van der Waals surface area contributed by atoms with Crippen LogP contribution in [0.1, 0.15) is 28.9 Å². The van der Waals surface area contributed by atoms with E-state index in [2.05, 4.69) is 10.6 Å². The van der Waals surface area contributed by atoms with Crippen LogP contribution in [0.5, 0.6) is 0 Å². The molecule has 0 saturated carbocycles. The van der Waals surface area contributed by atoms with E-state index in [9.17, 15) is 24.4 Å². The highest BCUT2D eigenvalue weighted by atomic mass is 19.1. The summed E-state index contributed by atoms with van der Waals surface area (Å²) in [5.41, 5.74) is 0.531. The third-order valence-electron chi connectivity index (χ3n) is 3.75. The summed E-state index contributed by atoms with van der Waals surface area (Å²) in [5, 5.41) is 26.9. The molecule has 0 aliphatic heterocycles. The van der Waals surface area contributed by atoms with Gasteiger partial charge in [0.05, 0.1) is 17.1 Å². The molecule has 0 heterocycles. The molecule has 0 unspecified atom stereocenters. The zero-order valence-electron chi connectivity index (χ0n) is 13.7. The molecule has 3 N–H and O–H groups in total. The van der Waals surface area contributed by atoms with Crippen molar-refractivity contribution >= 4 is 17.3 Å². The van der Waals surface area contributed by atoms with Gasteiger partial charge in [-0.2, -0.15) is 0 Å². The smallest absolute Gasteiger partial charge is 0.293 e. The number of carbonyl (C=O) groups excluding carboxylic acids is 1. The first kappa shape index (κ1) is 18.3. The normalized spacial score (nSPS) is 13.0. The number of hydrogen-bond acceptors (Lipinski definition) is 5. The molecule has 25 heavy (non-hydrogen) atoms. The van der Waals surface area contributed by atoms with E-state index in [-0.39, 0.29) is 16.9 Å². The third-order valence-corrected chi connectivity index (χ3v) is 3.75. The molecule has 0 aliphatic rings. The summed E-state index contributed by atoms with van der Waals surface area (Å²) in [6, 6.07) is 8.79. The third kappa shape index (κ3) is 4.30. The number of aliphatic hydroxyl groups excluding tert-OH is 1. The topological polar surface area (TPSA) is 104 Å². The lowest BCUT2D eigenvalue weighted by atomic mass is 10.0. The van der Waals surface area contributed by atoms with E-state index in [1.165, 1.54) is 43.4 Å². The molecule has 2 rings (SSSR count). The highest BCUT2D eigenvalue weighted by molar-refractivity contribution is 5.95. The van der Waals surface area contributed by atoms with Gasteiger partial charge in [0.25, 0.3) is 11.6 Å². The molecule has 2 aromatic rings.